The molecule has 0 atom stereocenters. The quantitative estimate of drug-likeness (QED) is 0.831. The number of nitrogens with zero attached hydrogens (tertiary/aromatic N) is 2. The third-order valence-corrected chi connectivity index (χ3v) is 5.86. The third-order valence-electron chi connectivity index (χ3n) is 3.17. The van der Waals surface area contributed by atoms with Crippen molar-refractivity contribution in [2.75, 3.05) is 7.05 Å². The van der Waals surface area contributed by atoms with E-state index in [2.05, 4.69) is 20.9 Å². The van der Waals surface area contributed by atoms with Crippen LogP contribution in [0.1, 0.15) is 17.0 Å². The van der Waals surface area contributed by atoms with E-state index in [-0.39, 0.29) is 6.54 Å². The Morgan fingerprint density at radius 1 is 1.19 bits per heavy atom. The first-order valence-electron chi connectivity index (χ1n) is 6.46. The zero-order chi connectivity index (χ0) is 15.6. The van der Waals surface area contributed by atoms with E-state index < -0.39 is 10.0 Å². The average molecular weight is 369 g/mol. The Hall–Kier alpha value is -1.24. The minimum atomic E-state index is -3.52. The first-order chi connectivity index (χ1) is 9.80. The molecule has 112 valence electrons. The topological polar surface area (TPSA) is 50.3 Å². The normalized spacial score (nSPS) is 11.9. The maximum Gasteiger partial charge on any atom is 0.243 e. The van der Waals surface area contributed by atoms with Gasteiger partial charge < -0.3 is 0 Å². The molecule has 1 heterocycles. The molecule has 0 N–H and O–H groups in total. The molecule has 4 nitrogen and oxygen atoms in total. The lowest BCUT2D eigenvalue weighted by molar-refractivity contribution is 0.462. The van der Waals surface area contributed by atoms with Crippen molar-refractivity contribution >= 4 is 26.0 Å². The molecule has 0 unspecified atom stereocenters. The van der Waals surface area contributed by atoms with Crippen molar-refractivity contribution in [3.63, 3.8) is 0 Å². The molecular formula is C15H17BrN2O2S. The van der Waals surface area contributed by atoms with Gasteiger partial charge in [0.05, 0.1) is 17.1 Å². The zero-order valence-corrected chi connectivity index (χ0v) is 14.6. The highest BCUT2D eigenvalue weighted by Crippen LogP contribution is 2.22. The molecule has 2 rings (SSSR count). The number of aromatic nitrogens is 1. The smallest absolute Gasteiger partial charge is 0.243 e. The van der Waals surface area contributed by atoms with Crippen molar-refractivity contribution in [3.8, 4) is 0 Å². The molecule has 0 aliphatic heterocycles. The zero-order valence-electron chi connectivity index (χ0n) is 12.2. The molecule has 0 fully saturated rings. The number of pyridine rings is 1. The minimum Gasteiger partial charge on any atom is -0.257 e. The highest BCUT2D eigenvalue weighted by molar-refractivity contribution is 9.10. The lowest BCUT2D eigenvalue weighted by Gasteiger charge is -2.17. The fraction of sp³-hybridized carbons (Fsp3) is 0.267. The lowest BCUT2D eigenvalue weighted by atomic mass is 10.2. The Morgan fingerprint density at radius 3 is 2.52 bits per heavy atom. The van der Waals surface area contributed by atoms with E-state index >= 15 is 0 Å². The molecule has 0 aliphatic carbocycles. The van der Waals surface area contributed by atoms with Gasteiger partial charge in [0.1, 0.15) is 0 Å². The number of hydrogen-bond acceptors (Lipinski definition) is 3. The number of benzene rings is 1. The first-order valence-corrected chi connectivity index (χ1v) is 8.69. The van der Waals surface area contributed by atoms with Crippen LogP contribution in [0.5, 0.6) is 0 Å². The van der Waals surface area contributed by atoms with Crippen molar-refractivity contribution in [2.45, 2.75) is 25.3 Å². The summed E-state index contributed by atoms with van der Waals surface area (Å²) in [6, 6.07) is 10.6. The fourth-order valence-electron chi connectivity index (χ4n) is 1.96. The van der Waals surface area contributed by atoms with Gasteiger partial charge in [0, 0.05) is 17.2 Å². The van der Waals surface area contributed by atoms with E-state index in [9.17, 15) is 8.42 Å². The van der Waals surface area contributed by atoms with Crippen LogP contribution in [0.25, 0.3) is 0 Å². The molecule has 1 aromatic heterocycles. The Morgan fingerprint density at radius 2 is 1.90 bits per heavy atom. The molecule has 0 spiro atoms. The Balaban J connectivity index is 2.28. The van der Waals surface area contributed by atoms with Gasteiger partial charge in [-0.15, -0.1) is 0 Å². The number of sulfonamides is 1. The van der Waals surface area contributed by atoms with Crippen LogP contribution in [0.4, 0.5) is 0 Å². The molecule has 0 aliphatic rings. The summed E-state index contributed by atoms with van der Waals surface area (Å²) in [6.07, 6.45) is 0. The second-order valence-electron chi connectivity index (χ2n) is 4.94. The Bertz CT molecular complexity index is 760. The average Bonchev–Trinajstić information content (AvgIpc) is 2.41. The largest absolute Gasteiger partial charge is 0.257 e. The minimum absolute atomic E-state index is 0.249. The molecule has 0 saturated heterocycles. The predicted molar refractivity (Wildman–Crippen MR) is 86.5 cm³/mol. The first kappa shape index (κ1) is 16.1. The van der Waals surface area contributed by atoms with Crippen LogP contribution >= 0.6 is 15.9 Å². The van der Waals surface area contributed by atoms with E-state index in [0.717, 1.165) is 21.4 Å². The van der Waals surface area contributed by atoms with Gasteiger partial charge in [-0.05, 0) is 49.7 Å². The van der Waals surface area contributed by atoms with Crippen molar-refractivity contribution in [1.82, 2.24) is 9.29 Å². The highest BCUT2D eigenvalue weighted by atomic mass is 79.9. The summed E-state index contributed by atoms with van der Waals surface area (Å²) in [5, 5.41) is 0. The summed E-state index contributed by atoms with van der Waals surface area (Å²) in [5.74, 6) is 0. The number of halogens is 1. The monoisotopic (exact) mass is 368 g/mol. The molecule has 1 aromatic carbocycles. The molecule has 6 heteroatoms. The Kier molecular flexibility index (Phi) is 4.81. The van der Waals surface area contributed by atoms with E-state index in [1.165, 1.54) is 4.31 Å². The summed E-state index contributed by atoms with van der Waals surface area (Å²) in [6.45, 7) is 4.00. The maximum absolute atomic E-state index is 12.6. The third kappa shape index (κ3) is 3.70. The van der Waals surface area contributed by atoms with Crippen molar-refractivity contribution < 1.29 is 8.42 Å². The van der Waals surface area contributed by atoms with Crippen LogP contribution < -0.4 is 0 Å². The summed E-state index contributed by atoms with van der Waals surface area (Å²) >= 11 is 3.38. The van der Waals surface area contributed by atoms with Gasteiger partial charge in [0.2, 0.25) is 10.0 Å². The summed E-state index contributed by atoms with van der Waals surface area (Å²) in [7, 11) is -1.95. The van der Waals surface area contributed by atoms with Crippen LogP contribution in [0, 0.1) is 13.8 Å². The van der Waals surface area contributed by atoms with Gasteiger partial charge in [-0.3, -0.25) is 4.98 Å². The van der Waals surface area contributed by atoms with Gasteiger partial charge >= 0.3 is 0 Å². The van der Waals surface area contributed by atoms with Crippen molar-refractivity contribution in [3.05, 3.63) is 57.8 Å². The van der Waals surface area contributed by atoms with Gasteiger partial charge in [0.25, 0.3) is 0 Å². The van der Waals surface area contributed by atoms with E-state index in [4.69, 9.17) is 0 Å². The Labute approximate surface area is 134 Å². The second kappa shape index (κ2) is 6.25. The van der Waals surface area contributed by atoms with Gasteiger partial charge in [-0.25, -0.2) is 8.42 Å². The van der Waals surface area contributed by atoms with Crippen LogP contribution in [-0.2, 0) is 16.6 Å². The summed E-state index contributed by atoms with van der Waals surface area (Å²) < 4.78 is 27.3. The van der Waals surface area contributed by atoms with Crippen molar-refractivity contribution in [1.29, 1.82) is 0 Å². The van der Waals surface area contributed by atoms with Crippen molar-refractivity contribution in [2.24, 2.45) is 0 Å². The van der Waals surface area contributed by atoms with E-state index in [1.54, 1.807) is 25.2 Å². The summed E-state index contributed by atoms with van der Waals surface area (Å²) in [4.78, 5) is 4.63. The van der Waals surface area contributed by atoms with E-state index in [0.29, 0.717) is 4.90 Å². The van der Waals surface area contributed by atoms with Gasteiger partial charge in [-0.2, -0.15) is 4.31 Å². The molecular weight excluding hydrogens is 352 g/mol. The maximum atomic E-state index is 12.6. The second-order valence-corrected chi connectivity index (χ2v) is 7.84. The lowest BCUT2D eigenvalue weighted by Crippen LogP contribution is -2.27. The standard InChI is InChI=1S/C15H17BrN2O2S/c1-11-9-14(7-8-15(11)16)21(19,20)18(3)10-13-6-4-5-12(2)17-13/h4-9H,10H2,1-3H3. The number of hydrogen-bond donors (Lipinski definition) is 0. The molecule has 0 radical (unpaired) electrons. The molecule has 0 bridgehead atoms. The predicted octanol–water partition coefficient (Wildman–Crippen LogP) is 3.28. The van der Waals surface area contributed by atoms with Crippen LogP contribution in [-0.4, -0.2) is 24.8 Å². The number of aryl methyl sites for hydroxylation is 2. The number of rotatable bonds is 4. The highest BCUT2D eigenvalue weighted by Gasteiger charge is 2.21. The summed E-state index contributed by atoms with van der Waals surface area (Å²) in [5.41, 5.74) is 2.49. The van der Waals surface area contributed by atoms with Crippen LogP contribution in [0.15, 0.2) is 45.8 Å². The van der Waals surface area contributed by atoms with Crippen LogP contribution in [0.2, 0.25) is 0 Å². The van der Waals surface area contributed by atoms with Gasteiger partial charge in [0.15, 0.2) is 0 Å². The molecule has 21 heavy (non-hydrogen) atoms. The van der Waals surface area contributed by atoms with Gasteiger partial charge in [-0.1, -0.05) is 22.0 Å². The molecule has 0 saturated carbocycles. The SMILES string of the molecule is Cc1cccc(CN(C)S(=O)(=O)c2ccc(Br)c(C)c2)n1. The fourth-order valence-corrected chi connectivity index (χ4v) is 3.43. The molecule has 2 aromatic rings. The van der Waals surface area contributed by atoms with Crippen LogP contribution in [0.3, 0.4) is 0 Å². The van der Waals surface area contributed by atoms with E-state index in [1.807, 2.05) is 32.0 Å². The molecule has 0 amide bonds.